The van der Waals surface area contributed by atoms with Gasteiger partial charge in [0.2, 0.25) is 0 Å². The van der Waals surface area contributed by atoms with Gasteiger partial charge >= 0.3 is 10.2 Å². The lowest BCUT2D eigenvalue weighted by atomic mass is 10.0. The van der Waals surface area contributed by atoms with Crippen molar-refractivity contribution in [2.45, 2.75) is 48.8 Å². The van der Waals surface area contributed by atoms with Crippen molar-refractivity contribution in [3.05, 3.63) is 0 Å². The molecule has 0 fully saturated rings. The van der Waals surface area contributed by atoms with Crippen LogP contribution in [0.15, 0.2) is 0 Å². The third kappa shape index (κ3) is 6.15. The van der Waals surface area contributed by atoms with Crippen LogP contribution in [0.3, 0.4) is 0 Å². The molecule has 0 aromatic carbocycles. The summed E-state index contributed by atoms with van der Waals surface area (Å²) in [6.07, 6.45) is -18.7. The highest BCUT2D eigenvalue weighted by molar-refractivity contribution is 8.19. The molecular weight excluding hydrogens is 384 g/mol. The molecule has 0 amide bonds. The van der Waals surface area contributed by atoms with Crippen LogP contribution in [0.2, 0.25) is 0 Å². The fraction of sp³-hybridized carbons (Fsp3) is 0.833. The van der Waals surface area contributed by atoms with Crippen molar-refractivity contribution in [1.82, 2.24) is 0 Å². The molecule has 0 aliphatic rings. The lowest BCUT2D eigenvalue weighted by Gasteiger charge is -2.26. The van der Waals surface area contributed by atoms with Gasteiger partial charge < -0.3 is 55.6 Å². The largest absolute Gasteiger partial charge is 0.602 e. The lowest BCUT2D eigenvalue weighted by Crippen LogP contribution is -2.54. The van der Waals surface area contributed by atoms with Gasteiger partial charge in [-0.1, -0.05) is 0 Å². The zero-order valence-electron chi connectivity index (χ0n) is 13.1. The number of hydrogen-bond donors (Lipinski definition) is 10. The Balaban J connectivity index is 5.07. The molecule has 13 nitrogen and oxygen atoms in total. The van der Waals surface area contributed by atoms with Gasteiger partial charge in [-0.05, 0) is 0 Å². The van der Waals surface area contributed by atoms with Crippen molar-refractivity contribution >= 4 is 21.4 Å². The Kier molecular flexibility index (Phi) is 10.9. The quantitative estimate of drug-likeness (QED) is 0.151. The average molecular weight is 406 g/mol. The fourth-order valence-corrected chi connectivity index (χ4v) is 2.56. The van der Waals surface area contributed by atoms with E-state index in [0.29, 0.717) is 0 Å². The van der Waals surface area contributed by atoms with E-state index in [2.05, 4.69) is 0 Å². The Morgan fingerprint density at radius 1 is 0.654 bits per heavy atom. The third-order valence-corrected chi connectivity index (χ3v) is 4.57. The van der Waals surface area contributed by atoms with Crippen LogP contribution in [0.5, 0.6) is 0 Å². The van der Waals surface area contributed by atoms with Gasteiger partial charge in [0, 0.05) is 0 Å². The molecule has 8 atom stereocenters. The number of hydrogen-bond acceptors (Lipinski definition) is 13. The van der Waals surface area contributed by atoms with Crippen LogP contribution in [-0.4, -0.2) is 128 Å². The molecule has 0 aliphatic heterocycles. The molecule has 0 bridgehead atoms. The van der Waals surface area contributed by atoms with Crippen LogP contribution in [0, 0.1) is 0 Å². The van der Waals surface area contributed by atoms with E-state index in [-0.39, 0.29) is 0 Å². The van der Waals surface area contributed by atoms with Crippen LogP contribution in [-0.2, 0) is 20.8 Å². The minimum Gasteiger partial charge on any atom is -0.602 e. The van der Waals surface area contributed by atoms with Crippen molar-refractivity contribution in [2.24, 2.45) is 0 Å². The summed E-state index contributed by atoms with van der Waals surface area (Å²) in [5.74, 6) is 0. The van der Waals surface area contributed by atoms with Gasteiger partial charge in [-0.3, -0.25) is 0 Å². The summed E-state index contributed by atoms with van der Waals surface area (Å²) in [5.41, 5.74) is 0. The van der Waals surface area contributed by atoms with Crippen LogP contribution in [0.25, 0.3) is 0 Å². The second-order valence-corrected chi connectivity index (χ2v) is 6.60. The standard InChI is InChI=1S/C12H22O13S/c13-1-3(15)5(17)7(19)9(21)11(23)26(25)12(24)10(22)8(20)6(18)4(16)2-14/h3-10,13-22H,1-2H2/t3-,4-,5-,6-,7+,8+,9-,10-/m1/s1. The second-order valence-electron chi connectivity index (χ2n) is 5.26. The lowest BCUT2D eigenvalue weighted by molar-refractivity contribution is -0.143. The Bertz CT molecular complexity index is 422. The molecule has 0 saturated heterocycles. The third-order valence-electron chi connectivity index (χ3n) is 3.36. The van der Waals surface area contributed by atoms with Gasteiger partial charge in [-0.25, -0.2) is 9.59 Å². The maximum absolute atomic E-state index is 11.7. The van der Waals surface area contributed by atoms with Gasteiger partial charge in [0.05, 0.1) is 13.2 Å². The Morgan fingerprint density at radius 2 is 0.923 bits per heavy atom. The van der Waals surface area contributed by atoms with Crippen LogP contribution >= 0.6 is 0 Å². The molecule has 0 aromatic heterocycles. The smallest absolute Gasteiger partial charge is 0.368 e. The van der Waals surface area contributed by atoms with Crippen molar-refractivity contribution in [3.63, 3.8) is 0 Å². The summed E-state index contributed by atoms with van der Waals surface area (Å²) in [6, 6.07) is 0. The normalized spacial score (nSPS) is 21.4. The van der Waals surface area contributed by atoms with Crippen LogP contribution in [0.1, 0.15) is 0 Å². The number of aliphatic hydroxyl groups is 10. The van der Waals surface area contributed by atoms with E-state index in [0.717, 1.165) is 0 Å². The highest BCUT2D eigenvalue weighted by Crippen LogP contribution is 2.14. The van der Waals surface area contributed by atoms with Crippen molar-refractivity contribution < 1.29 is 65.2 Å². The molecule has 0 unspecified atom stereocenters. The molecule has 0 radical (unpaired) electrons. The molecule has 154 valence electrons. The molecule has 0 aliphatic carbocycles. The first-order valence-corrected chi connectivity index (χ1v) is 8.22. The van der Waals surface area contributed by atoms with Gasteiger partial charge in [-0.15, -0.1) is 0 Å². The first-order valence-electron chi connectivity index (χ1n) is 7.08. The minimum atomic E-state index is -3.38. The Hall–Kier alpha value is -0.750. The summed E-state index contributed by atoms with van der Waals surface area (Å²) in [7, 11) is 0. The SMILES string of the molecule is O=C([C@H](O)[C@@H](O)[C@H](O)[C@H](O)CO)[S+]([O-])C(=O)[C@H](O)[C@@H](O)[C@H](O)[C@H](O)CO. The summed E-state index contributed by atoms with van der Waals surface area (Å²) >= 11 is -3.38. The molecule has 0 rings (SSSR count). The first-order chi connectivity index (χ1) is 11.9. The second kappa shape index (κ2) is 11.2. The topological polar surface area (TPSA) is 259 Å². The Labute approximate surface area is 149 Å². The maximum Gasteiger partial charge on any atom is 0.368 e. The highest BCUT2D eigenvalue weighted by Gasteiger charge is 2.47. The summed E-state index contributed by atoms with van der Waals surface area (Å²) in [4.78, 5) is 23.4. The highest BCUT2D eigenvalue weighted by atomic mass is 32.2. The molecule has 0 spiro atoms. The Morgan fingerprint density at radius 3 is 1.15 bits per heavy atom. The van der Waals surface area contributed by atoms with E-state index in [1.165, 1.54) is 0 Å². The fourth-order valence-electron chi connectivity index (χ4n) is 1.64. The molecular formula is C12H22O13S. The zero-order chi connectivity index (χ0) is 20.8. The number of carbonyl (C=O) groups excluding carboxylic acids is 2. The molecule has 14 heteroatoms. The van der Waals surface area contributed by atoms with E-state index in [4.69, 9.17) is 20.4 Å². The van der Waals surface area contributed by atoms with Gasteiger partial charge in [0.25, 0.3) is 0 Å². The van der Waals surface area contributed by atoms with E-state index < -0.39 is 83.5 Å². The van der Waals surface area contributed by atoms with E-state index in [9.17, 15) is 44.8 Å². The molecule has 26 heavy (non-hydrogen) atoms. The van der Waals surface area contributed by atoms with E-state index in [1.807, 2.05) is 0 Å². The van der Waals surface area contributed by atoms with Gasteiger partial charge in [0.1, 0.15) is 47.8 Å². The summed E-state index contributed by atoms with van der Waals surface area (Å²) < 4.78 is 11.7. The molecule has 10 N–H and O–H groups in total. The van der Waals surface area contributed by atoms with Gasteiger partial charge in [-0.2, -0.15) is 0 Å². The monoisotopic (exact) mass is 406 g/mol. The molecule has 0 heterocycles. The predicted octanol–water partition coefficient (Wildman–Crippen LogP) is -7.34. The van der Waals surface area contributed by atoms with Crippen molar-refractivity contribution in [2.75, 3.05) is 13.2 Å². The number of rotatable bonds is 10. The number of carbonyl (C=O) groups is 2. The summed E-state index contributed by atoms with van der Waals surface area (Å²) in [5, 5.41) is 88.3. The van der Waals surface area contributed by atoms with E-state index >= 15 is 0 Å². The minimum absolute atomic E-state index is 1.06. The first kappa shape index (κ1) is 25.2. The summed E-state index contributed by atoms with van der Waals surface area (Å²) in [6.45, 7) is -2.12. The average Bonchev–Trinajstić information content (AvgIpc) is 2.66. The molecule has 0 saturated carbocycles. The predicted molar refractivity (Wildman–Crippen MR) is 80.4 cm³/mol. The zero-order valence-corrected chi connectivity index (χ0v) is 14.0. The van der Waals surface area contributed by atoms with Gasteiger partial charge in [0.15, 0.2) is 12.2 Å². The van der Waals surface area contributed by atoms with Crippen LogP contribution in [0.4, 0.5) is 0 Å². The van der Waals surface area contributed by atoms with E-state index in [1.54, 1.807) is 0 Å². The van der Waals surface area contributed by atoms with Crippen molar-refractivity contribution in [3.8, 4) is 0 Å². The van der Waals surface area contributed by atoms with Crippen molar-refractivity contribution in [1.29, 1.82) is 0 Å². The molecule has 0 aromatic rings. The number of aliphatic hydroxyl groups excluding tert-OH is 10. The maximum atomic E-state index is 11.7. The van der Waals surface area contributed by atoms with Crippen LogP contribution < -0.4 is 0 Å².